The summed E-state index contributed by atoms with van der Waals surface area (Å²) in [5.74, 6) is 1.71. The number of phenolic OH excluding ortho intramolecular Hbond substituents is 1. The maximum absolute atomic E-state index is 13.7. The third-order valence-corrected chi connectivity index (χ3v) is 6.95. The summed E-state index contributed by atoms with van der Waals surface area (Å²) in [7, 11) is 0. The van der Waals surface area contributed by atoms with Crippen molar-refractivity contribution in [3.63, 3.8) is 0 Å². The number of carbonyl (C=O) groups is 1. The molecular weight excluding hydrogens is 442 g/mol. The van der Waals surface area contributed by atoms with Crippen LogP contribution in [0.5, 0.6) is 5.75 Å². The van der Waals surface area contributed by atoms with E-state index in [1.165, 1.54) is 0 Å². The van der Waals surface area contributed by atoms with E-state index >= 15 is 0 Å². The van der Waals surface area contributed by atoms with Gasteiger partial charge >= 0.3 is 0 Å². The van der Waals surface area contributed by atoms with Crippen LogP contribution in [-0.4, -0.2) is 25.7 Å². The van der Waals surface area contributed by atoms with E-state index in [-0.39, 0.29) is 28.5 Å². The fourth-order valence-electron chi connectivity index (χ4n) is 5.22. The van der Waals surface area contributed by atoms with E-state index in [1.54, 1.807) is 10.9 Å². The minimum atomic E-state index is -0.501. The van der Waals surface area contributed by atoms with Crippen molar-refractivity contribution >= 4 is 17.7 Å². The van der Waals surface area contributed by atoms with E-state index in [1.807, 2.05) is 24.3 Å². The van der Waals surface area contributed by atoms with Crippen molar-refractivity contribution in [1.29, 1.82) is 0 Å². The number of rotatable bonds is 2. The van der Waals surface area contributed by atoms with Crippen molar-refractivity contribution in [2.24, 2.45) is 0 Å². The van der Waals surface area contributed by atoms with Gasteiger partial charge in [-0.1, -0.05) is 41.5 Å². The molecule has 1 aromatic carbocycles. The number of fused-ring (bicyclic) bond motifs is 1. The molecule has 2 aromatic heterocycles. The van der Waals surface area contributed by atoms with Gasteiger partial charge in [0.2, 0.25) is 11.9 Å². The molecule has 35 heavy (non-hydrogen) atoms. The van der Waals surface area contributed by atoms with Crippen LogP contribution in [0.4, 0.5) is 11.9 Å². The fraction of sp³-hybridized carbons (Fsp3) is 0.444. The number of aromatic nitrogens is 3. The topological polar surface area (TPSA) is 119 Å². The highest BCUT2D eigenvalue weighted by atomic mass is 16.3. The second-order valence-electron chi connectivity index (χ2n) is 11.7. The Kier molecular flexibility index (Phi) is 5.12. The van der Waals surface area contributed by atoms with Crippen LogP contribution in [0, 0.1) is 0 Å². The zero-order valence-electron chi connectivity index (χ0n) is 21.1. The number of hydrogen-bond donors (Lipinski definition) is 3. The standard InChI is InChI=1S/C27H33N5O3/c1-26(2,3)16-10-15(11-17(23(16)34)27(4,5)6)22-21-18(29-25-30-24(28)31-32(22)25)12-14(13-19(21)33)20-8-7-9-35-20/h7-11,14,22,34H,12-13H2,1-6H3,(H3,28,29,30,31)/t14-,22-/m0/s1. The van der Waals surface area contributed by atoms with Gasteiger partial charge < -0.3 is 20.6 Å². The van der Waals surface area contributed by atoms with Crippen molar-refractivity contribution in [3.05, 3.63) is 64.2 Å². The number of hydrogen-bond acceptors (Lipinski definition) is 7. The van der Waals surface area contributed by atoms with Gasteiger partial charge in [0.15, 0.2) is 5.78 Å². The Hall–Kier alpha value is -3.55. The van der Waals surface area contributed by atoms with Crippen LogP contribution in [0.25, 0.3) is 0 Å². The molecule has 0 fully saturated rings. The van der Waals surface area contributed by atoms with E-state index < -0.39 is 6.04 Å². The van der Waals surface area contributed by atoms with Crippen LogP contribution in [0.3, 0.4) is 0 Å². The lowest BCUT2D eigenvalue weighted by atomic mass is 9.75. The summed E-state index contributed by atoms with van der Waals surface area (Å²) in [6.45, 7) is 12.4. The lowest BCUT2D eigenvalue weighted by molar-refractivity contribution is -0.117. The third-order valence-electron chi connectivity index (χ3n) is 6.95. The number of nitrogens with zero attached hydrogens (tertiary/aromatic N) is 3. The number of anilines is 2. The molecule has 0 spiro atoms. The second-order valence-corrected chi connectivity index (χ2v) is 11.7. The van der Waals surface area contributed by atoms with Gasteiger partial charge in [-0.05, 0) is 58.2 Å². The summed E-state index contributed by atoms with van der Waals surface area (Å²) in [6, 6.07) is 7.25. The first kappa shape index (κ1) is 23.2. The predicted octanol–water partition coefficient (Wildman–Crippen LogP) is 5.17. The van der Waals surface area contributed by atoms with Crippen LogP contribution in [0.1, 0.15) is 88.8 Å². The van der Waals surface area contributed by atoms with E-state index in [4.69, 9.17) is 10.2 Å². The Morgan fingerprint density at radius 2 is 1.77 bits per heavy atom. The molecule has 8 heteroatoms. The molecule has 3 aromatic rings. The molecule has 0 amide bonds. The highest BCUT2D eigenvalue weighted by Crippen LogP contribution is 2.47. The second kappa shape index (κ2) is 7.73. The number of phenols is 1. The molecular formula is C27H33N5O3. The average Bonchev–Trinajstić information content (AvgIpc) is 3.39. The van der Waals surface area contributed by atoms with Gasteiger partial charge in [-0.2, -0.15) is 4.98 Å². The SMILES string of the molecule is CC(C)(C)c1cc([C@H]2C3=C(C[C@H](c4ccco4)CC3=O)Nc3nc(N)nn32)cc(C(C)(C)C)c1O. The third kappa shape index (κ3) is 3.90. The van der Waals surface area contributed by atoms with Gasteiger partial charge in [0.25, 0.3) is 0 Å². The molecule has 5 rings (SSSR count). The smallest absolute Gasteiger partial charge is 0.241 e. The van der Waals surface area contributed by atoms with Crippen LogP contribution in [0.15, 0.2) is 46.2 Å². The first-order valence-corrected chi connectivity index (χ1v) is 12.0. The number of allylic oxidation sites excluding steroid dienone is 2. The number of aromatic hydroxyl groups is 1. The van der Waals surface area contributed by atoms with E-state index in [9.17, 15) is 9.90 Å². The zero-order chi connectivity index (χ0) is 25.3. The summed E-state index contributed by atoms with van der Waals surface area (Å²) >= 11 is 0. The molecule has 3 heterocycles. The summed E-state index contributed by atoms with van der Waals surface area (Å²) in [6.07, 6.45) is 2.60. The molecule has 1 aliphatic heterocycles. The molecule has 2 aliphatic rings. The minimum Gasteiger partial charge on any atom is -0.507 e. The molecule has 0 saturated heterocycles. The van der Waals surface area contributed by atoms with Crippen molar-refractivity contribution < 1.29 is 14.3 Å². The van der Waals surface area contributed by atoms with Crippen molar-refractivity contribution in [2.45, 2.75) is 77.2 Å². The summed E-state index contributed by atoms with van der Waals surface area (Å²) in [5, 5.41) is 19.0. The van der Waals surface area contributed by atoms with Gasteiger partial charge in [0.05, 0.1) is 6.26 Å². The van der Waals surface area contributed by atoms with Crippen LogP contribution in [0.2, 0.25) is 0 Å². The number of ketones is 1. The Balaban J connectivity index is 1.73. The predicted molar refractivity (Wildman–Crippen MR) is 134 cm³/mol. The van der Waals surface area contributed by atoms with Gasteiger partial charge in [-0.25, -0.2) is 4.68 Å². The number of nitrogens with one attached hydrogen (secondary N) is 1. The van der Waals surface area contributed by atoms with Crippen molar-refractivity contribution in [1.82, 2.24) is 14.8 Å². The van der Waals surface area contributed by atoms with Crippen LogP contribution in [-0.2, 0) is 15.6 Å². The first-order chi connectivity index (χ1) is 16.3. The van der Waals surface area contributed by atoms with Crippen molar-refractivity contribution in [3.8, 4) is 5.75 Å². The van der Waals surface area contributed by atoms with E-state index in [0.717, 1.165) is 28.1 Å². The molecule has 1 aliphatic carbocycles. The van der Waals surface area contributed by atoms with Crippen LogP contribution >= 0.6 is 0 Å². The molecule has 184 valence electrons. The van der Waals surface area contributed by atoms with Gasteiger partial charge in [-0.15, -0.1) is 5.10 Å². The number of furan rings is 1. The lowest BCUT2D eigenvalue weighted by Crippen LogP contribution is -2.34. The molecule has 0 saturated carbocycles. The Labute approximate surface area is 205 Å². The Morgan fingerprint density at radius 1 is 1.11 bits per heavy atom. The summed E-state index contributed by atoms with van der Waals surface area (Å²) in [4.78, 5) is 18.1. The number of nitrogens with two attached hydrogens (primary N) is 1. The Bertz CT molecular complexity index is 1300. The minimum absolute atomic E-state index is 0.0348. The van der Waals surface area contributed by atoms with Gasteiger partial charge in [-0.3, -0.25) is 4.79 Å². The monoisotopic (exact) mass is 475 g/mol. The van der Waals surface area contributed by atoms with E-state index in [0.29, 0.717) is 30.1 Å². The molecule has 4 N–H and O–H groups in total. The maximum atomic E-state index is 13.7. The van der Waals surface area contributed by atoms with Crippen molar-refractivity contribution in [2.75, 3.05) is 11.1 Å². The lowest BCUT2D eigenvalue weighted by Gasteiger charge is -2.36. The molecule has 0 radical (unpaired) electrons. The molecule has 8 nitrogen and oxygen atoms in total. The number of carbonyl (C=O) groups excluding carboxylic acids is 1. The molecule has 0 unspecified atom stereocenters. The zero-order valence-corrected chi connectivity index (χ0v) is 21.1. The fourth-order valence-corrected chi connectivity index (χ4v) is 5.22. The molecule has 0 bridgehead atoms. The first-order valence-electron chi connectivity index (χ1n) is 12.0. The van der Waals surface area contributed by atoms with Gasteiger partial charge in [0.1, 0.15) is 17.6 Å². The number of Topliss-reactive ketones (excluding diaryl/α,β-unsaturated/α-hetero) is 1. The summed E-state index contributed by atoms with van der Waals surface area (Å²) in [5.41, 5.74) is 9.39. The number of nitrogen functional groups attached to an aromatic ring is 1. The quantitative estimate of drug-likeness (QED) is 0.468. The maximum Gasteiger partial charge on any atom is 0.241 e. The number of benzene rings is 1. The summed E-state index contributed by atoms with van der Waals surface area (Å²) < 4.78 is 7.32. The van der Waals surface area contributed by atoms with E-state index in [2.05, 4.69) is 56.9 Å². The van der Waals surface area contributed by atoms with Gasteiger partial charge in [0, 0.05) is 23.6 Å². The average molecular weight is 476 g/mol. The highest BCUT2D eigenvalue weighted by Gasteiger charge is 2.41. The largest absolute Gasteiger partial charge is 0.507 e. The normalized spacial score (nSPS) is 20.5. The molecule has 2 atom stereocenters. The highest BCUT2D eigenvalue weighted by molar-refractivity contribution is 6.00. The Morgan fingerprint density at radius 3 is 2.34 bits per heavy atom. The van der Waals surface area contributed by atoms with Crippen LogP contribution < -0.4 is 11.1 Å².